The van der Waals surface area contributed by atoms with Gasteiger partial charge in [-0.15, -0.1) is 0 Å². The summed E-state index contributed by atoms with van der Waals surface area (Å²) < 4.78 is 10.9. The van der Waals surface area contributed by atoms with E-state index in [-0.39, 0.29) is 43.4 Å². The van der Waals surface area contributed by atoms with Crippen LogP contribution in [-0.4, -0.2) is 54.5 Å². The molecule has 1 aliphatic heterocycles. The van der Waals surface area contributed by atoms with Crippen LogP contribution in [0.4, 0.5) is 4.79 Å². The second kappa shape index (κ2) is 8.09. The zero-order valence-corrected chi connectivity index (χ0v) is 19.3. The van der Waals surface area contributed by atoms with Crippen molar-refractivity contribution in [2.24, 2.45) is 11.3 Å². The van der Waals surface area contributed by atoms with Gasteiger partial charge in [-0.2, -0.15) is 0 Å². The first-order valence-electron chi connectivity index (χ1n) is 12.2. The Hall–Kier alpha value is -3.39. The van der Waals surface area contributed by atoms with E-state index >= 15 is 0 Å². The number of hydrogen-bond acceptors (Lipinski definition) is 5. The van der Waals surface area contributed by atoms with Gasteiger partial charge in [0.05, 0.1) is 12.0 Å². The van der Waals surface area contributed by atoms with E-state index in [1.807, 2.05) is 24.3 Å². The van der Waals surface area contributed by atoms with Crippen LogP contribution in [0.25, 0.3) is 11.1 Å². The number of aliphatic carboxylic acids is 1. The fraction of sp³-hybridized carbons (Fsp3) is 0.444. The van der Waals surface area contributed by atoms with Crippen LogP contribution in [0.3, 0.4) is 0 Å². The summed E-state index contributed by atoms with van der Waals surface area (Å²) in [6, 6.07) is 16.2. The number of benzene rings is 2. The van der Waals surface area contributed by atoms with E-state index in [2.05, 4.69) is 34.9 Å². The Morgan fingerprint density at radius 2 is 1.71 bits per heavy atom. The maximum Gasteiger partial charge on any atom is 0.407 e. The number of ether oxygens (including phenoxy) is 2. The molecule has 0 radical (unpaired) electrons. The number of carbonyl (C=O) groups excluding carboxylic acids is 2. The molecule has 35 heavy (non-hydrogen) atoms. The molecule has 2 aromatic carbocycles. The Labute approximate surface area is 203 Å². The molecular weight excluding hydrogens is 448 g/mol. The molecule has 3 N–H and O–H groups in total. The highest BCUT2D eigenvalue weighted by Crippen LogP contribution is 2.63. The number of amides is 2. The average Bonchev–Trinajstić information content (AvgIpc) is 3.18. The third-order valence-electron chi connectivity index (χ3n) is 8.31. The van der Waals surface area contributed by atoms with Crippen molar-refractivity contribution >= 4 is 18.0 Å². The Balaban J connectivity index is 1.06. The molecule has 8 nitrogen and oxygen atoms in total. The lowest BCUT2D eigenvalue weighted by molar-refractivity contribution is -0.148. The highest BCUT2D eigenvalue weighted by atomic mass is 16.5. The van der Waals surface area contributed by atoms with E-state index in [1.165, 1.54) is 11.1 Å². The molecule has 2 amide bonds. The van der Waals surface area contributed by atoms with E-state index in [0.717, 1.165) is 17.5 Å². The highest BCUT2D eigenvalue weighted by Gasteiger charge is 2.66. The van der Waals surface area contributed by atoms with Crippen molar-refractivity contribution in [3.63, 3.8) is 0 Å². The predicted octanol–water partition coefficient (Wildman–Crippen LogP) is 3.05. The molecule has 6 rings (SSSR count). The minimum atomic E-state index is -1.35. The molecule has 3 aliphatic carbocycles. The second-order valence-electron chi connectivity index (χ2n) is 10.3. The summed E-state index contributed by atoms with van der Waals surface area (Å²) in [6.45, 7) is 0.536. The van der Waals surface area contributed by atoms with Crippen molar-refractivity contribution in [1.82, 2.24) is 10.6 Å². The maximum absolute atomic E-state index is 13.1. The number of carbonyl (C=O) groups is 3. The molecular formula is C27H28N2O6. The molecule has 3 fully saturated rings. The van der Waals surface area contributed by atoms with Crippen LogP contribution in [0, 0.1) is 11.3 Å². The lowest BCUT2D eigenvalue weighted by atomic mass is 9.94. The standard InChI is InChI=1S/C27H28N2O6/c30-23(29-27(24(31)32)9-10-34-15-27)26-12-16(26)11-17(13-26)28-25(33)35-14-22-20-7-3-1-5-18(20)19-6-2-4-8-21(19)22/h1-8,16-17,22H,9-15H2,(H,28,33)(H,29,30)(H,31,32). The van der Waals surface area contributed by atoms with Crippen LogP contribution in [0.5, 0.6) is 0 Å². The van der Waals surface area contributed by atoms with Gasteiger partial charge in [-0.3, -0.25) is 4.79 Å². The molecule has 1 heterocycles. The van der Waals surface area contributed by atoms with Crippen LogP contribution < -0.4 is 10.6 Å². The van der Waals surface area contributed by atoms with Gasteiger partial charge in [0.1, 0.15) is 6.61 Å². The van der Waals surface area contributed by atoms with E-state index < -0.39 is 23.0 Å². The number of rotatable bonds is 6. The molecule has 1 saturated heterocycles. The molecule has 182 valence electrons. The number of nitrogens with one attached hydrogen (secondary N) is 2. The van der Waals surface area contributed by atoms with Crippen molar-refractivity contribution in [3.8, 4) is 11.1 Å². The predicted molar refractivity (Wildman–Crippen MR) is 126 cm³/mol. The van der Waals surface area contributed by atoms with Crippen LogP contribution in [0.15, 0.2) is 48.5 Å². The normalized spacial score (nSPS) is 30.2. The average molecular weight is 477 g/mol. The summed E-state index contributed by atoms with van der Waals surface area (Å²) in [6.07, 6.45) is 1.67. The fourth-order valence-corrected chi connectivity index (χ4v) is 6.32. The van der Waals surface area contributed by atoms with Gasteiger partial charge in [0, 0.05) is 25.0 Å². The molecule has 0 spiro atoms. The highest BCUT2D eigenvalue weighted by molar-refractivity contribution is 5.92. The summed E-state index contributed by atoms with van der Waals surface area (Å²) in [5, 5.41) is 15.3. The summed E-state index contributed by atoms with van der Waals surface area (Å²) in [5.74, 6) is -1.17. The van der Waals surface area contributed by atoms with Gasteiger partial charge in [0.25, 0.3) is 0 Å². The molecule has 4 atom stereocenters. The lowest BCUT2D eigenvalue weighted by Crippen LogP contribution is -2.57. The number of hydrogen-bond donors (Lipinski definition) is 3. The summed E-state index contributed by atoms with van der Waals surface area (Å²) in [7, 11) is 0. The summed E-state index contributed by atoms with van der Waals surface area (Å²) in [5.41, 5.74) is 2.70. The van der Waals surface area contributed by atoms with Gasteiger partial charge in [0.15, 0.2) is 5.54 Å². The largest absolute Gasteiger partial charge is 0.479 e. The first kappa shape index (κ1) is 22.1. The lowest BCUT2D eigenvalue weighted by Gasteiger charge is -2.26. The monoisotopic (exact) mass is 476 g/mol. The fourth-order valence-electron chi connectivity index (χ4n) is 6.32. The minimum Gasteiger partial charge on any atom is -0.479 e. The number of carboxylic acids is 1. The minimum absolute atomic E-state index is 0.0110. The Morgan fingerprint density at radius 3 is 2.34 bits per heavy atom. The summed E-state index contributed by atoms with van der Waals surface area (Å²) in [4.78, 5) is 37.5. The van der Waals surface area contributed by atoms with Crippen molar-refractivity contribution in [1.29, 1.82) is 0 Å². The quantitative estimate of drug-likeness (QED) is 0.591. The van der Waals surface area contributed by atoms with Gasteiger partial charge in [0.2, 0.25) is 5.91 Å². The Morgan fingerprint density at radius 1 is 1.03 bits per heavy atom. The zero-order valence-electron chi connectivity index (χ0n) is 19.3. The maximum atomic E-state index is 13.1. The van der Waals surface area contributed by atoms with Crippen LogP contribution >= 0.6 is 0 Å². The third kappa shape index (κ3) is 3.58. The topological polar surface area (TPSA) is 114 Å². The van der Waals surface area contributed by atoms with Crippen molar-refractivity contribution in [2.75, 3.05) is 19.8 Å². The molecule has 2 saturated carbocycles. The third-order valence-corrected chi connectivity index (χ3v) is 8.31. The molecule has 8 heteroatoms. The van der Waals surface area contributed by atoms with Gasteiger partial charge >= 0.3 is 12.1 Å². The van der Waals surface area contributed by atoms with Crippen LogP contribution in [0.1, 0.15) is 42.7 Å². The number of carboxylic acid groups (broad SMARTS) is 1. The zero-order chi connectivity index (χ0) is 24.2. The van der Waals surface area contributed by atoms with Gasteiger partial charge in [-0.1, -0.05) is 48.5 Å². The van der Waals surface area contributed by atoms with Crippen LogP contribution in [0.2, 0.25) is 0 Å². The van der Waals surface area contributed by atoms with Crippen molar-refractivity contribution in [3.05, 3.63) is 59.7 Å². The van der Waals surface area contributed by atoms with Gasteiger partial charge in [-0.05, 0) is 47.4 Å². The smallest absolute Gasteiger partial charge is 0.407 e. The van der Waals surface area contributed by atoms with E-state index in [4.69, 9.17) is 9.47 Å². The second-order valence-corrected chi connectivity index (χ2v) is 10.3. The Bertz CT molecular complexity index is 1160. The first-order chi connectivity index (χ1) is 16.9. The van der Waals surface area contributed by atoms with Crippen molar-refractivity contribution < 1.29 is 29.0 Å². The molecule has 0 bridgehead atoms. The molecule has 4 unspecified atom stereocenters. The molecule has 0 aromatic heterocycles. The molecule has 4 aliphatic rings. The number of fused-ring (bicyclic) bond motifs is 4. The van der Waals surface area contributed by atoms with E-state index in [1.54, 1.807) is 0 Å². The Kier molecular flexibility index (Phi) is 5.11. The van der Waals surface area contributed by atoms with Crippen molar-refractivity contribution in [2.45, 2.75) is 43.2 Å². The molecule has 2 aromatic rings. The number of alkyl carbamates (subject to hydrolysis) is 1. The van der Waals surface area contributed by atoms with Gasteiger partial charge in [-0.25, -0.2) is 9.59 Å². The SMILES string of the molecule is O=C(NC1CC2CC2(C(=O)NC2(C(=O)O)CCOC2)C1)OCC1c2ccccc2-c2ccccc21. The van der Waals surface area contributed by atoms with Gasteiger partial charge < -0.3 is 25.2 Å². The summed E-state index contributed by atoms with van der Waals surface area (Å²) >= 11 is 0. The van der Waals surface area contributed by atoms with E-state index in [9.17, 15) is 19.5 Å². The van der Waals surface area contributed by atoms with Crippen LogP contribution in [-0.2, 0) is 19.1 Å². The first-order valence-corrected chi connectivity index (χ1v) is 12.2. The van der Waals surface area contributed by atoms with E-state index in [0.29, 0.717) is 19.4 Å².